The van der Waals surface area contributed by atoms with Crippen LogP contribution in [0, 0.1) is 5.82 Å². The van der Waals surface area contributed by atoms with Crippen molar-refractivity contribution in [3.8, 4) is 11.4 Å². The topological polar surface area (TPSA) is 53.1 Å². The highest BCUT2D eigenvalue weighted by Gasteiger charge is 2.19. The van der Waals surface area contributed by atoms with Crippen molar-refractivity contribution in [1.82, 2.24) is 9.78 Å². The molecule has 0 aliphatic carbocycles. The predicted octanol–water partition coefficient (Wildman–Crippen LogP) is 5.78. The molecule has 0 radical (unpaired) electrons. The second kappa shape index (κ2) is 9.51. The normalized spacial score (nSPS) is 12.9. The quantitative estimate of drug-likeness (QED) is 0.384. The van der Waals surface area contributed by atoms with Crippen molar-refractivity contribution in [3.63, 3.8) is 0 Å². The Bertz CT molecular complexity index is 1110. The lowest BCUT2D eigenvalue weighted by Crippen LogP contribution is -2.29. The molecule has 0 bridgehead atoms. The number of ether oxygens (including phenoxy) is 1. The van der Waals surface area contributed by atoms with Gasteiger partial charge in [-0.3, -0.25) is 0 Å². The number of hydrogen-bond donors (Lipinski definition) is 1. The van der Waals surface area contributed by atoms with Crippen LogP contribution in [0.2, 0.25) is 0 Å². The number of nitrogens with two attached hydrogens (primary N) is 1. The molecule has 2 atom stereocenters. The van der Waals surface area contributed by atoms with E-state index in [-0.39, 0.29) is 30.4 Å². The second-order valence-electron chi connectivity index (χ2n) is 6.92. The highest BCUT2D eigenvalue weighted by molar-refractivity contribution is 7.98. The molecule has 0 amide bonds. The fraction of sp³-hybridized carbons (Fsp3) is 0.174. The molecule has 1 aromatic heterocycles. The third kappa shape index (κ3) is 4.61. The summed E-state index contributed by atoms with van der Waals surface area (Å²) in [6.07, 6.45) is 3.57. The van der Waals surface area contributed by atoms with Gasteiger partial charge in [0.15, 0.2) is 0 Å². The van der Waals surface area contributed by atoms with E-state index < -0.39 is 0 Å². The van der Waals surface area contributed by atoms with Crippen molar-refractivity contribution in [2.45, 2.75) is 24.0 Å². The Labute approximate surface area is 185 Å². The minimum absolute atomic E-state index is 0. The second-order valence-corrected chi connectivity index (χ2v) is 7.80. The van der Waals surface area contributed by atoms with Crippen molar-refractivity contribution in [2.24, 2.45) is 5.73 Å². The van der Waals surface area contributed by atoms with E-state index in [9.17, 15) is 4.39 Å². The zero-order valence-corrected chi connectivity index (χ0v) is 18.3. The van der Waals surface area contributed by atoms with Gasteiger partial charge in [-0.1, -0.05) is 12.1 Å². The van der Waals surface area contributed by atoms with E-state index in [0.29, 0.717) is 0 Å². The number of rotatable bonds is 6. The molecule has 0 spiro atoms. The van der Waals surface area contributed by atoms with E-state index >= 15 is 0 Å². The predicted molar refractivity (Wildman–Crippen MR) is 124 cm³/mol. The molecule has 4 aromatic rings. The van der Waals surface area contributed by atoms with Crippen LogP contribution >= 0.6 is 24.2 Å². The van der Waals surface area contributed by atoms with Crippen LogP contribution in [0.1, 0.15) is 18.6 Å². The smallest absolute Gasteiger partial charge is 0.138 e. The third-order valence-corrected chi connectivity index (χ3v) is 5.54. The van der Waals surface area contributed by atoms with Crippen molar-refractivity contribution < 1.29 is 9.13 Å². The maximum Gasteiger partial charge on any atom is 0.138 e. The van der Waals surface area contributed by atoms with Gasteiger partial charge in [0.2, 0.25) is 0 Å². The molecule has 0 aliphatic heterocycles. The van der Waals surface area contributed by atoms with Crippen LogP contribution in [-0.2, 0) is 0 Å². The largest absolute Gasteiger partial charge is 0.484 e. The lowest BCUT2D eigenvalue weighted by molar-refractivity contribution is 0.180. The third-order valence-electron chi connectivity index (χ3n) is 4.80. The van der Waals surface area contributed by atoms with E-state index in [0.717, 1.165) is 27.9 Å². The van der Waals surface area contributed by atoms with Gasteiger partial charge in [-0.05, 0) is 73.3 Å². The average Bonchev–Trinajstić information content (AvgIpc) is 3.16. The summed E-state index contributed by atoms with van der Waals surface area (Å²) in [6, 6.07) is 20.2. The monoisotopic (exact) mass is 443 g/mol. The van der Waals surface area contributed by atoms with Gasteiger partial charge in [-0.15, -0.1) is 24.2 Å². The average molecular weight is 444 g/mol. The van der Waals surface area contributed by atoms with E-state index in [2.05, 4.69) is 35.6 Å². The SMILES string of the molecule is CSc1ccc([C@@H](Oc2ccc3c(cnn3-c3ccc(F)cc3)c2)[C@H](C)N)cc1.Cl. The molecule has 0 aliphatic rings. The Hall–Kier alpha value is -2.54. The number of halogens is 2. The van der Waals surface area contributed by atoms with E-state index in [1.807, 2.05) is 25.1 Å². The van der Waals surface area contributed by atoms with Gasteiger partial charge in [0, 0.05) is 16.3 Å². The molecule has 4 nitrogen and oxygen atoms in total. The fourth-order valence-electron chi connectivity index (χ4n) is 3.29. The summed E-state index contributed by atoms with van der Waals surface area (Å²) in [5.74, 6) is 0.459. The molecular formula is C23H23ClFN3OS. The molecule has 30 heavy (non-hydrogen) atoms. The first-order chi connectivity index (χ1) is 14.0. The van der Waals surface area contributed by atoms with Crippen LogP contribution in [0.3, 0.4) is 0 Å². The molecule has 0 saturated carbocycles. The van der Waals surface area contributed by atoms with E-state index in [1.54, 1.807) is 34.8 Å². The molecule has 7 heteroatoms. The minimum atomic E-state index is -0.270. The first kappa shape index (κ1) is 22.2. The van der Waals surface area contributed by atoms with Crippen LogP contribution < -0.4 is 10.5 Å². The first-order valence-corrected chi connectivity index (χ1v) is 10.6. The molecule has 0 fully saturated rings. The number of nitrogens with zero attached hydrogens (tertiary/aromatic N) is 2. The Kier molecular flexibility index (Phi) is 7.02. The van der Waals surface area contributed by atoms with Gasteiger partial charge in [-0.2, -0.15) is 5.10 Å². The van der Waals surface area contributed by atoms with Crippen LogP contribution in [-0.4, -0.2) is 22.1 Å². The van der Waals surface area contributed by atoms with Crippen molar-refractivity contribution in [2.75, 3.05) is 6.26 Å². The summed E-state index contributed by atoms with van der Waals surface area (Å²) in [5, 5.41) is 5.38. The number of hydrogen-bond acceptors (Lipinski definition) is 4. The summed E-state index contributed by atoms with van der Waals surface area (Å²) in [5.41, 5.74) is 8.98. The standard InChI is InChI=1S/C23H22FN3OS.ClH/c1-15(25)23(16-3-10-21(29-2)11-4-16)28-20-9-12-22-17(13-20)14-26-27(22)19-7-5-18(24)6-8-19;/h3-15,23H,25H2,1-2H3;1H/t15-,23-;/m0./s1. The summed E-state index contributed by atoms with van der Waals surface area (Å²) >= 11 is 1.70. The number of thioether (sulfide) groups is 1. The summed E-state index contributed by atoms with van der Waals surface area (Å²) in [7, 11) is 0. The lowest BCUT2D eigenvalue weighted by atomic mass is 10.0. The lowest BCUT2D eigenvalue weighted by Gasteiger charge is -2.23. The van der Waals surface area contributed by atoms with Crippen molar-refractivity contribution >= 4 is 35.1 Å². The molecule has 0 unspecified atom stereocenters. The Morgan fingerprint density at radius 3 is 2.37 bits per heavy atom. The maximum absolute atomic E-state index is 13.2. The van der Waals surface area contributed by atoms with Gasteiger partial charge >= 0.3 is 0 Å². The zero-order chi connectivity index (χ0) is 20.4. The molecule has 0 saturated heterocycles. The molecule has 156 valence electrons. The molecule has 1 heterocycles. The van der Waals surface area contributed by atoms with Crippen LogP contribution in [0.15, 0.2) is 77.8 Å². The van der Waals surface area contributed by atoms with Crippen molar-refractivity contribution in [1.29, 1.82) is 0 Å². The fourth-order valence-corrected chi connectivity index (χ4v) is 3.70. The molecular weight excluding hydrogens is 421 g/mol. The minimum Gasteiger partial charge on any atom is -0.484 e. The van der Waals surface area contributed by atoms with E-state index in [1.165, 1.54) is 17.0 Å². The summed E-state index contributed by atoms with van der Waals surface area (Å²) in [4.78, 5) is 1.20. The number of aromatic nitrogens is 2. The van der Waals surface area contributed by atoms with Crippen LogP contribution in [0.5, 0.6) is 5.75 Å². The highest BCUT2D eigenvalue weighted by atomic mass is 35.5. The van der Waals surface area contributed by atoms with Gasteiger partial charge < -0.3 is 10.5 Å². The van der Waals surface area contributed by atoms with Gasteiger partial charge in [0.25, 0.3) is 0 Å². The van der Waals surface area contributed by atoms with Crippen molar-refractivity contribution in [3.05, 3.63) is 84.3 Å². The first-order valence-electron chi connectivity index (χ1n) is 9.35. The van der Waals surface area contributed by atoms with E-state index in [4.69, 9.17) is 10.5 Å². The summed E-state index contributed by atoms with van der Waals surface area (Å²) < 4.78 is 21.2. The molecule has 3 aromatic carbocycles. The number of benzene rings is 3. The van der Waals surface area contributed by atoms with Gasteiger partial charge in [-0.25, -0.2) is 9.07 Å². The summed E-state index contributed by atoms with van der Waals surface area (Å²) in [6.45, 7) is 1.94. The molecule has 2 N–H and O–H groups in total. The van der Waals surface area contributed by atoms with Gasteiger partial charge in [0.05, 0.1) is 17.4 Å². The van der Waals surface area contributed by atoms with Gasteiger partial charge in [0.1, 0.15) is 17.7 Å². The highest BCUT2D eigenvalue weighted by Crippen LogP contribution is 2.29. The Morgan fingerprint density at radius 2 is 1.73 bits per heavy atom. The zero-order valence-electron chi connectivity index (χ0n) is 16.7. The number of fused-ring (bicyclic) bond motifs is 1. The Balaban J connectivity index is 0.00000256. The molecule has 4 rings (SSSR count). The Morgan fingerprint density at radius 1 is 1.03 bits per heavy atom. The van der Waals surface area contributed by atoms with Crippen LogP contribution in [0.4, 0.5) is 4.39 Å². The van der Waals surface area contributed by atoms with Crippen LogP contribution in [0.25, 0.3) is 16.6 Å². The maximum atomic E-state index is 13.2.